The van der Waals surface area contributed by atoms with E-state index in [1.54, 1.807) is 30.3 Å². The second kappa shape index (κ2) is 10.7. The van der Waals surface area contributed by atoms with Gasteiger partial charge in [-0.25, -0.2) is 0 Å². The highest BCUT2D eigenvalue weighted by Crippen LogP contribution is 2.28. The molecule has 1 atom stereocenters. The Kier molecular flexibility index (Phi) is 7.50. The molecule has 2 aliphatic rings. The molecule has 0 bridgehead atoms. The Morgan fingerprint density at radius 3 is 2.59 bits per heavy atom. The molecule has 4 rings (SSSR count). The fraction of sp³-hybridized carbons (Fsp3) is 0.417. The number of anilines is 2. The van der Waals surface area contributed by atoms with Crippen molar-refractivity contribution in [1.29, 1.82) is 0 Å². The van der Waals surface area contributed by atoms with Crippen LogP contribution in [0.25, 0.3) is 0 Å². The van der Waals surface area contributed by atoms with Gasteiger partial charge in [-0.3, -0.25) is 9.59 Å². The van der Waals surface area contributed by atoms with Crippen LogP contribution in [0.3, 0.4) is 0 Å². The third-order valence-corrected chi connectivity index (χ3v) is 5.92. The zero-order chi connectivity index (χ0) is 22.3. The number of carbonyl (C=O) groups excluding carboxylic acids is 2. The molecule has 0 spiro atoms. The highest BCUT2D eigenvalue weighted by atomic mass is 35.5. The summed E-state index contributed by atoms with van der Waals surface area (Å²) >= 11 is 5.86. The van der Waals surface area contributed by atoms with Crippen LogP contribution in [0.1, 0.15) is 36.0 Å². The van der Waals surface area contributed by atoms with Crippen LogP contribution in [-0.4, -0.2) is 50.8 Å². The van der Waals surface area contributed by atoms with Crippen molar-refractivity contribution in [2.45, 2.75) is 31.8 Å². The lowest BCUT2D eigenvalue weighted by molar-refractivity contribution is -0.118. The molecule has 8 heteroatoms. The summed E-state index contributed by atoms with van der Waals surface area (Å²) in [7, 11) is 0. The third kappa shape index (κ3) is 5.93. The molecule has 0 aromatic heterocycles. The van der Waals surface area contributed by atoms with E-state index in [-0.39, 0.29) is 24.5 Å². The van der Waals surface area contributed by atoms with Gasteiger partial charge in [0.1, 0.15) is 5.75 Å². The third-order valence-electron chi connectivity index (χ3n) is 5.67. The van der Waals surface area contributed by atoms with E-state index in [2.05, 4.69) is 15.5 Å². The van der Waals surface area contributed by atoms with E-state index < -0.39 is 0 Å². The van der Waals surface area contributed by atoms with Crippen LogP contribution in [0.15, 0.2) is 42.5 Å². The fourth-order valence-electron chi connectivity index (χ4n) is 4.01. The van der Waals surface area contributed by atoms with Crippen LogP contribution < -0.4 is 20.3 Å². The largest absolute Gasteiger partial charge is 0.484 e. The first-order chi connectivity index (χ1) is 15.6. The summed E-state index contributed by atoms with van der Waals surface area (Å²) in [5.41, 5.74) is 2.00. The monoisotopic (exact) mass is 457 g/mol. The lowest BCUT2D eigenvalue weighted by Gasteiger charge is -2.22. The maximum absolute atomic E-state index is 13.0. The molecule has 0 radical (unpaired) electrons. The molecule has 1 unspecified atom stereocenters. The number of amides is 2. The van der Waals surface area contributed by atoms with E-state index >= 15 is 0 Å². The zero-order valence-corrected chi connectivity index (χ0v) is 18.7. The molecule has 170 valence electrons. The number of ether oxygens (including phenoxy) is 2. The van der Waals surface area contributed by atoms with Gasteiger partial charge >= 0.3 is 0 Å². The topological polar surface area (TPSA) is 79.9 Å². The number of hydrogen-bond donors (Lipinski definition) is 2. The molecule has 32 heavy (non-hydrogen) atoms. The number of benzene rings is 2. The Hall–Kier alpha value is -2.77. The van der Waals surface area contributed by atoms with Gasteiger partial charge in [-0.1, -0.05) is 11.6 Å². The zero-order valence-electron chi connectivity index (χ0n) is 17.9. The van der Waals surface area contributed by atoms with Crippen LogP contribution >= 0.6 is 11.6 Å². The molecule has 2 amide bonds. The molecule has 7 nitrogen and oxygen atoms in total. The van der Waals surface area contributed by atoms with Gasteiger partial charge in [-0.2, -0.15) is 0 Å². The average Bonchev–Trinajstić information content (AvgIpc) is 3.51. The van der Waals surface area contributed by atoms with Crippen LogP contribution in [0.5, 0.6) is 5.75 Å². The van der Waals surface area contributed by atoms with Crippen molar-refractivity contribution in [1.82, 2.24) is 5.32 Å². The first-order valence-electron chi connectivity index (χ1n) is 11.1. The van der Waals surface area contributed by atoms with Gasteiger partial charge in [0.25, 0.3) is 11.8 Å². The van der Waals surface area contributed by atoms with Gasteiger partial charge < -0.3 is 25.0 Å². The number of carbonyl (C=O) groups is 2. The van der Waals surface area contributed by atoms with Crippen molar-refractivity contribution >= 4 is 34.8 Å². The van der Waals surface area contributed by atoms with Gasteiger partial charge in [0.15, 0.2) is 6.61 Å². The fourth-order valence-corrected chi connectivity index (χ4v) is 4.14. The molecule has 2 saturated heterocycles. The van der Waals surface area contributed by atoms with Crippen LogP contribution in [0.4, 0.5) is 11.4 Å². The minimum Gasteiger partial charge on any atom is -0.484 e. The summed E-state index contributed by atoms with van der Waals surface area (Å²) in [4.78, 5) is 27.6. The molecule has 2 aromatic rings. The second-order valence-corrected chi connectivity index (χ2v) is 8.50. The summed E-state index contributed by atoms with van der Waals surface area (Å²) < 4.78 is 11.1. The first-order valence-corrected chi connectivity index (χ1v) is 11.4. The lowest BCUT2D eigenvalue weighted by atomic mass is 10.1. The number of nitrogens with zero attached hydrogens (tertiary/aromatic N) is 1. The molecule has 2 aromatic carbocycles. The minimum atomic E-state index is -0.306. The van der Waals surface area contributed by atoms with Gasteiger partial charge in [-0.15, -0.1) is 0 Å². The van der Waals surface area contributed by atoms with Gasteiger partial charge in [0.2, 0.25) is 0 Å². The quantitative estimate of drug-likeness (QED) is 0.629. The van der Waals surface area contributed by atoms with E-state index in [1.165, 1.54) is 0 Å². The number of rotatable bonds is 8. The Labute approximate surface area is 193 Å². The maximum Gasteiger partial charge on any atom is 0.262 e. The van der Waals surface area contributed by atoms with E-state index in [9.17, 15) is 9.59 Å². The molecule has 0 aliphatic carbocycles. The van der Waals surface area contributed by atoms with Crippen molar-refractivity contribution in [3.05, 3.63) is 53.1 Å². The van der Waals surface area contributed by atoms with Crippen molar-refractivity contribution in [3.63, 3.8) is 0 Å². The SMILES string of the molecule is O=C(COc1ccc(Cl)cc1)Nc1ccc(N2CCCC2)c(C(=O)NCC2CCCO2)c1. The smallest absolute Gasteiger partial charge is 0.262 e. The Balaban J connectivity index is 1.42. The van der Waals surface area contributed by atoms with E-state index in [4.69, 9.17) is 21.1 Å². The summed E-state index contributed by atoms with van der Waals surface area (Å²) in [6.07, 6.45) is 4.28. The van der Waals surface area contributed by atoms with Crippen molar-refractivity contribution < 1.29 is 19.1 Å². The molecular formula is C24H28ClN3O4. The van der Waals surface area contributed by atoms with Crippen molar-refractivity contribution in [2.75, 3.05) is 43.1 Å². The Morgan fingerprint density at radius 2 is 1.88 bits per heavy atom. The highest BCUT2D eigenvalue weighted by Gasteiger charge is 2.22. The van der Waals surface area contributed by atoms with Crippen molar-refractivity contribution in [3.8, 4) is 5.75 Å². The Morgan fingerprint density at radius 1 is 1.09 bits per heavy atom. The second-order valence-electron chi connectivity index (χ2n) is 8.06. The first kappa shape index (κ1) is 22.4. The normalized spacial score (nSPS) is 17.9. The van der Waals surface area contributed by atoms with Gasteiger partial charge in [0, 0.05) is 42.6 Å². The molecule has 2 aliphatic heterocycles. The number of halogens is 1. The van der Waals surface area contributed by atoms with Gasteiger partial charge in [0.05, 0.1) is 11.7 Å². The molecule has 2 heterocycles. The molecule has 2 fully saturated rings. The highest BCUT2D eigenvalue weighted by molar-refractivity contribution is 6.30. The van der Waals surface area contributed by atoms with E-state index in [0.717, 1.165) is 51.1 Å². The average molecular weight is 458 g/mol. The van der Waals surface area contributed by atoms with Crippen LogP contribution in [-0.2, 0) is 9.53 Å². The van der Waals surface area contributed by atoms with Crippen LogP contribution in [0.2, 0.25) is 5.02 Å². The Bertz CT molecular complexity index is 939. The summed E-state index contributed by atoms with van der Waals surface area (Å²) in [6, 6.07) is 12.3. The van der Waals surface area contributed by atoms with E-state index in [0.29, 0.717) is 28.6 Å². The molecule has 0 saturated carbocycles. The molecular weight excluding hydrogens is 430 g/mol. The van der Waals surface area contributed by atoms with E-state index in [1.807, 2.05) is 12.1 Å². The van der Waals surface area contributed by atoms with Crippen LogP contribution in [0, 0.1) is 0 Å². The number of hydrogen-bond acceptors (Lipinski definition) is 5. The molecule has 2 N–H and O–H groups in total. The predicted octanol–water partition coefficient (Wildman–Crippen LogP) is 3.87. The maximum atomic E-state index is 13.0. The number of nitrogens with one attached hydrogen (secondary N) is 2. The summed E-state index contributed by atoms with van der Waals surface area (Å²) in [5, 5.41) is 6.42. The van der Waals surface area contributed by atoms with Gasteiger partial charge in [-0.05, 0) is 68.1 Å². The lowest BCUT2D eigenvalue weighted by Crippen LogP contribution is -2.33. The minimum absolute atomic E-state index is 0.0714. The summed E-state index contributed by atoms with van der Waals surface area (Å²) in [6.45, 7) is 2.94. The standard InChI is InChI=1S/C24H28ClN3O4/c25-17-5-8-19(9-6-17)32-16-23(29)27-18-7-10-22(28-11-1-2-12-28)21(14-18)24(30)26-15-20-4-3-13-31-20/h5-10,14,20H,1-4,11-13,15-16H2,(H,26,30)(H,27,29). The summed E-state index contributed by atoms with van der Waals surface area (Å²) in [5.74, 6) is 0.0960. The predicted molar refractivity (Wildman–Crippen MR) is 125 cm³/mol. The van der Waals surface area contributed by atoms with Crippen molar-refractivity contribution in [2.24, 2.45) is 0 Å².